The number of hydrogen-bond donors (Lipinski definition) is 1. The van der Waals surface area contributed by atoms with Gasteiger partial charge < -0.3 is 10.1 Å². The van der Waals surface area contributed by atoms with Crippen LogP contribution in [0.1, 0.15) is 11.4 Å². The summed E-state index contributed by atoms with van der Waals surface area (Å²) < 4.78 is 5.49. The van der Waals surface area contributed by atoms with Gasteiger partial charge in [-0.3, -0.25) is 0 Å². The molecule has 1 saturated heterocycles. The number of aromatic nitrogens is 2. The van der Waals surface area contributed by atoms with Gasteiger partial charge in [0, 0.05) is 19.0 Å². The molecule has 0 aromatic carbocycles. The van der Waals surface area contributed by atoms with E-state index in [-0.39, 0.29) is 0 Å². The monoisotopic (exact) mass is 207 g/mol. The topological polar surface area (TPSA) is 47.0 Å². The van der Waals surface area contributed by atoms with E-state index in [9.17, 15) is 0 Å². The Kier molecular flexibility index (Phi) is 3.64. The van der Waals surface area contributed by atoms with Crippen molar-refractivity contribution in [2.75, 3.05) is 26.3 Å². The molecule has 2 heterocycles. The maximum atomic E-state index is 5.49. The molecule has 0 saturated carbocycles. The van der Waals surface area contributed by atoms with Gasteiger partial charge in [0.25, 0.3) is 0 Å². The second-order valence-electron chi connectivity index (χ2n) is 4.02. The lowest BCUT2D eigenvalue weighted by Crippen LogP contribution is -2.24. The van der Waals surface area contributed by atoms with E-state index >= 15 is 0 Å². The Labute approximate surface area is 90.1 Å². The van der Waals surface area contributed by atoms with Gasteiger partial charge in [-0.05, 0) is 25.5 Å². The Bertz CT molecular complexity index is 291. The number of aryl methyl sites for hydroxylation is 1. The first-order valence-corrected chi connectivity index (χ1v) is 5.42. The molecule has 1 aromatic heterocycles. The van der Waals surface area contributed by atoms with Crippen LogP contribution in [-0.4, -0.2) is 36.5 Å². The molecule has 0 spiro atoms. The van der Waals surface area contributed by atoms with Crippen molar-refractivity contribution in [1.82, 2.24) is 15.5 Å². The Morgan fingerprint density at radius 1 is 1.47 bits per heavy atom. The maximum Gasteiger partial charge on any atom is 0.0635 e. The molecule has 1 aliphatic heterocycles. The van der Waals surface area contributed by atoms with Gasteiger partial charge in [0.1, 0.15) is 0 Å². The Balaban J connectivity index is 1.92. The van der Waals surface area contributed by atoms with Crippen molar-refractivity contribution in [3.05, 3.63) is 23.5 Å². The molecular formula is C11H17N3O. The first kappa shape index (κ1) is 10.5. The van der Waals surface area contributed by atoms with Gasteiger partial charge in [0.15, 0.2) is 0 Å². The van der Waals surface area contributed by atoms with Gasteiger partial charge in [-0.2, -0.15) is 10.2 Å². The zero-order valence-electron chi connectivity index (χ0n) is 9.07. The number of nitrogens with zero attached hydrogens (tertiary/aromatic N) is 2. The fourth-order valence-corrected chi connectivity index (χ4v) is 1.72. The highest BCUT2D eigenvalue weighted by Gasteiger charge is 2.13. The van der Waals surface area contributed by atoms with E-state index in [1.807, 2.05) is 19.1 Å². The van der Waals surface area contributed by atoms with Crippen molar-refractivity contribution >= 4 is 0 Å². The van der Waals surface area contributed by atoms with Gasteiger partial charge in [-0.25, -0.2) is 0 Å². The second kappa shape index (κ2) is 5.19. The smallest absolute Gasteiger partial charge is 0.0635 e. The summed E-state index contributed by atoms with van der Waals surface area (Å²) in [5.41, 5.74) is 2.02. The molecule has 1 N–H and O–H groups in total. The molecule has 0 bridgehead atoms. The van der Waals surface area contributed by atoms with Gasteiger partial charge in [-0.1, -0.05) is 0 Å². The average Bonchev–Trinajstić information content (AvgIpc) is 2.50. The molecule has 4 heteroatoms. The van der Waals surface area contributed by atoms with Crippen molar-refractivity contribution in [2.24, 2.45) is 5.92 Å². The summed E-state index contributed by atoms with van der Waals surface area (Å²) in [6.45, 7) is 5.55. The third kappa shape index (κ3) is 3.25. The second-order valence-corrected chi connectivity index (χ2v) is 4.02. The Morgan fingerprint density at radius 3 is 3.20 bits per heavy atom. The molecule has 1 aliphatic rings. The van der Waals surface area contributed by atoms with Gasteiger partial charge >= 0.3 is 0 Å². The summed E-state index contributed by atoms with van der Waals surface area (Å²) >= 11 is 0. The number of rotatable bonds is 2. The van der Waals surface area contributed by atoms with Crippen LogP contribution in [0, 0.1) is 12.8 Å². The highest BCUT2D eigenvalue weighted by molar-refractivity contribution is 5.06. The predicted molar refractivity (Wildman–Crippen MR) is 57.7 cm³/mol. The lowest BCUT2D eigenvalue weighted by atomic mass is 10.0. The van der Waals surface area contributed by atoms with E-state index < -0.39 is 0 Å². The minimum Gasteiger partial charge on any atom is -0.380 e. The molecular weight excluding hydrogens is 190 g/mol. The van der Waals surface area contributed by atoms with Crippen LogP contribution < -0.4 is 5.32 Å². The molecule has 1 fully saturated rings. The molecule has 0 aliphatic carbocycles. The van der Waals surface area contributed by atoms with Gasteiger partial charge in [0.2, 0.25) is 0 Å². The van der Waals surface area contributed by atoms with Crippen LogP contribution in [0.4, 0.5) is 0 Å². The summed E-state index contributed by atoms with van der Waals surface area (Å²) in [6.07, 6.45) is 0.945. The molecule has 2 rings (SSSR count). The fourth-order valence-electron chi connectivity index (χ4n) is 1.72. The summed E-state index contributed by atoms with van der Waals surface area (Å²) in [7, 11) is 0. The van der Waals surface area contributed by atoms with E-state index in [1.54, 1.807) is 0 Å². The minimum absolute atomic E-state index is 0.518. The van der Waals surface area contributed by atoms with Crippen LogP contribution in [0.2, 0.25) is 0 Å². The molecule has 1 atom stereocenters. The molecule has 0 radical (unpaired) electrons. The minimum atomic E-state index is 0.518. The van der Waals surface area contributed by atoms with E-state index in [4.69, 9.17) is 4.74 Å². The zero-order valence-corrected chi connectivity index (χ0v) is 9.07. The van der Waals surface area contributed by atoms with Crippen molar-refractivity contribution in [1.29, 1.82) is 0 Å². The van der Waals surface area contributed by atoms with Crippen molar-refractivity contribution in [3.63, 3.8) is 0 Å². The number of ether oxygens (including phenoxy) is 1. The third-order valence-electron chi connectivity index (χ3n) is 2.56. The molecule has 0 amide bonds. The quantitative estimate of drug-likeness (QED) is 0.770. The average molecular weight is 207 g/mol. The lowest BCUT2D eigenvalue weighted by molar-refractivity contribution is 0.123. The van der Waals surface area contributed by atoms with Crippen molar-refractivity contribution in [2.45, 2.75) is 13.3 Å². The van der Waals surface area contributed by atoms with Crippen LogP contribution in [0.15, 0.2) is 12.1 Å². The van der Waals surface area contributed by atoms with Crippen LogP contribution in [0.5, 0.6) is 0 Å². The zero-order chi connectivity index (χ0) is 10.5. The van der Waals surface area contributed by atoms with Gasteiger partial charge in [0.05, 0.1) is 24.6 Å². The Morgan fingerprint density at radius 2 is 2.40 bits per heavy atom. The number of nitrogens with one attached hydrogen (secondary N) is 1. The van der Waals surface area contributed by atoms with E-state index in [1.165, 1.54) is 0 Å². The normalized spacial score (nSPS) is 22.3. The molecule has 82 valence electrons. The van der Waals surface area contributed by atoms with E-state index in [0.717, 1.165) is 44.1 Å². The molecule has 1 unspecified atom stereocenters. The Hall–Kier alpha value is -1.00. The number of hydrogen-bond acceptors (Lipinski definition) is 4. The largest absolute Gasteiger partial charge is 0.380 e. The van der Waals surface area contributed by atoms with Crippen molar-refractivity contribution < 1.29 is 4.74 Å². The van der Waals surface area contributed by atoms with Crippen LogP contribution >= 0.6 is 0 Å². The lowest BCUT2D eigenvalue weighted by Gasteiger charge is -2.12. The standard InChI is InChI=1S/C11H17N3O/c1-9-2-3-11(14-13-9)6-10-7-12-4-5-15-8-10/h2-3,10,12H,4-8H2,1H3. The highest BCUT2D eigenvalue weighted by atomic mass is 16.5. The first-order chi connectivity index (χ1) is 7.34. The molecule has 4 nitrogen and oxygen atoms in total. The van der Waals surface area contributed by atoms with Crippen LogP contribution in [0.3, 0.4) is 0 Å². The predicted octanol–water partition coefficient (Wildman–Crippen LogP) is 0.564. The summed E-state index contributed by atoms with van der Waals surface area (Å²) in [6, 6.07) is 4.06. The summed E-state index contributed by atoms with van der Waals surface area (Å²) in [5.74, 6) is 0.518. The third-order valence-corrected chi connectivity index (χ3v) is 2.56. The van der Waals surface area contributed by atoms with Gasteiger partial charge in [-0.15, -0.1) is 0 Å². The van der Waals surface area contributed by atoms with Crippen LogP contribution in [-0.2, 0) is 11.2 Å². The van der Waals surface area contributed by atoms with E-state index in [2.05, 4.69) is 15.5 Å². The first-order valence-electron chi connectivity index (χ1n) is 5.42. The molecule has 1 aromatic rings. The summed E-state index contributed by atoms with van der Waals surface area (Å²) in [5, 5.41) is 11.6. The molecule has 15 heavy (non-hydrogen) atoms. The van der Waals surface area contributed by atoms with Crippen molar-refractivity contribution in [3.8, 4) is 0 Å². The van der Waals surface area contributed by atoms with Crippen LogP contribution in [0.25, 0.3) is 0 Å². The highest BCUT2D eigenvalue weighted by Crippen LogP contribution is 2.07. The van der Waals surface area contributed by atoms with E-state index in [0.29, 0.717) is 5.92 Å². The SMILES string of the molecule is Cc1ccc(CC2CNCCOC2)nn1. The maximum absolute atomic E-state index is 5.49. The fraction of sp³-hybridized carbons (Fsp3) is 0.636. The summed E-state index contributed by atoms with van der Waals surface area (Å²) in [4.78, 5) is 0.